The Morgan fingerprint density at radius 1 is 1.00 bits per heavy atom. The summed E-state index contributed by atoms with van der Waals surface area (Å²) in [6, 6.07) is 12.7. The molecule has 1 aliphatic carbocycles. The number of carbonyl (C=O) groups excluding carboxylic acids is 3. The van der Waals surface area contributed by atoms with Crippen LogP contribution in [0.1, 0.15) is 98.2 Å². The van der Waals surface area contributed by atoms with Crippen molar-refractivity contribution in [3.05, 3.63) is 87.7 Å². The van der Waals surface area contributed by atoms with Gasteiger partial charge >= 0.3 is 11.9 Å². The quantitative estimate of drug-likeness (QED) is 0.146. The van der Waals surface area contributed by atoms with Crippen LogP contribution >= 0.6 is 0 Å². The number of nitrogens with zero attached hydrogens (tertiary/aromatic N) is 6. The highest BCUT2D eigenvalue weighted by atomic mass is 19.4. The van der Waals surface area contributed by atoms with Crippen LogP contribution in [0.25, 0.3) is 21.9 Å². The van der Waals surface area contributed by atoms with Gasteiger partial charge in [-0.2, -0.15) is 18.3 Å². The molecule has 61 heavy (non-hydrogen) atoms. The number of alkyl halides is 3. The van der Waals surface area contributed by atoms with Crippen molar-refractivity contribution in [3.8, 4) is 0 Å². The van der Waals surface area contributed by atoms with Gasteiger partial charge in [0.1, 0.15) is 17.4 Å². The van der Waals surface area contributed by atoms with E-state index in [-0.39, 0.29) is 35.4 Å². The van der Waals surface area contributed by atoms with Gasteiger partial charge in [-0.3, -0.25) is 38.4 Å². The van der Waals surface area contributed by atoms with Crippen molar-refractivity contribution in [2.24, 2.45) is 18.9 Å². The van der Waals surface area contributed by atoms with Crippen LogP contribution in [0.15, 0.2) is 59.5 Å². The molecular weight excluding hydrogens is 792 g/mol. The van der Waals surface area contributed by atoms with Gasteiger partial charge in [-0.15, -0.1) is 0 Å². The summed E-state index contributed by atoms with van der Waals surface area (Å²) in [4.78, 5) is 57.3. The molecule has 2 aromatic carbocycles. The van der Waals surface area contributed by atoms with Crippen LogP contribution in [-0.2, 0) is 34.8 Å². The van der Waals surface area contributed by atoms with Gasteiger partial charge in [0.2, 0.25) is 11.8 Å². The predicted molar refractivity (Wildman–Crippen MR) is 221 cm³/mol. The molecule has 0 radical (unpaired) electrons. The molecule has 6 heterocycles. The lowest BCUT2D eigenvalue weighted by Gasteiger charge is -2.38. The molecule has 2 bridgehead atoms. The average molecular weight is 842 g/mol. The molecule has 5 aromatic rings. The first kappa shape index (κ1) is 41.0. The van der Waals surface area contributed by atoms with Crippen molar-refractivity contribution in [1.82, 2.24) is 39.4 Å². The van der Waals surface area contributed by atoms with Crippen LogP contribution < -0.4 is 21.6 Å². The summed E-state index contributed by atoms with van der Waals surface area (Å²) in [5.41, 5.74) is 0.749. The van der Waals surface area contributed by atoms with E-state index in [1.807, 2.05) is 23.0 Å². The summed E-state index contributed by atoms with van der Waals surface area (Å²) in [6.45, 7) is 6.10. The second-order valence-electron chi connectivity index (χ2n) is 18.0. The van der Waals surface area contributed by atoms with E-state index in [1.54, 1.807) is 42.2 Å². The predicted octanol–water partition coefficient (Wildman–Crippen LogP) is 5.20. The monoisotopic (exact) mass is 841 g/mol. The molecule has 322 valence electrons. The molecule has 14 nitrogen and oxygen atoms in total. The van der Waals surface area contributed by atoms with E-state index >= 15 is 0 Å². The molecule has 3 aliphatic heterocycles. The minimum Gasteiger partial charge on any atom is -0.386 e. The van der Waals surface area contributed by atoms with Gasteiger partial charge in [0.15, 0.2) is 0 Å². The van der Waals surface area contributed by atoms with Crippen molar-refractivity contribution in [2.45, 2.75) is 101 Å². The number of aliphatic hydroxyl groups is 1. The smallest absolute Gasteiger partial charge is 0.386 e. The van der Waals surface area contributed by atoms with Crippen molar-refractivity contribution >= 4 is 45.3 Å². The molecule has 17 heteroatoms. The number of hydrogen-bond donors (Lipinski definition) is 4. The van der Waals surface area contributed by atoms with Crippen molar-refractivity contribution < 1.29 is 32.7 Å². The van der Waals surface area contributed by atoms with E-state index in [1.165, 1.54) is 6.07 Å². The summed E-state index contributed by atoms with van der Waals surface area (Å²) in [7, 11) is 1.76. The topological polar surface area (TPSA) is 168 Å². The summed E-state index contributed by atoms with van der Waals surface area (Å²) in [5.74, 6) is -0.634. The molecule has 0 spiro atoms. The fourth-order valence-electron chi connectivity index (χ4n) is 10.4. The molecule has 4 N–H and O–H groups in total. The molecule has 4 fully saturated rings. The Balaban J connectivity index is 0.834. The standard InChI is InChI=1S/C44H50F3N9O5/c1-43(2,61)30-19-32-27(18-33(30)50-40(58)31-7-5-9-37(49-31)44(45,46)47)21-55(52-32)29-12-10-24(11-13-29)20-54-22-28-17-26(34(23-54)48-28)16-25-6-4-8-35-39(25)53(3)42(60)56(35)36-14-15-38(57)51-41(36)59/h4-9,18-19,21,24,26,28-29,34,36,48,61H,10-17,20,22-23H2,1-3H3,(H,50,58)(H,51,57,59)/t24-,26?,28-,29-,34-,36?/m1/s1. The Hall–Kier alpha value is -5.39. The number of halogens is 3. The maximum Gasteiger partial charge on any atom is 0.433 e. The van der Waals surface area contributed by atoms with Crippen molar-refractivity contribution in [2.75, 3.05) is 25.0 Å². The highest BCUT2D eigenvalue weighted by Crippen LogP contribution is 2.38. The largest absolute Gasteiger partial charge is 0.433 e. The van der Waals surface area contributed by atoms with Crippen LogP contribution in [0.5, 0.6) is 0 Å². The number of para-hydroxylation sites is 1. The molecule has 3 amide bonds. The number of imidazole rings is 1. The molecule has 4 atom stereocenters. The minimum atomic E-state index is -4.70. The van der Waals surface area contributed by atoms with Gasteiger partial charge in [0, 0.05) is 68.0 Å². The average Bonchev–Trinajstić information content (AvgIpc) is 3.84. The maximum absolute atomic E-state index is 13.5. The summed E-state index contributed by atoms with van der Waals surface area (Å²) in [5, 5.41) is 25.6. The van der Waals surface area contributed by atoms with E-state index in [0.717, 1.165) is 92.3 Å². The van der Waals surface area contributed by atoms with Gasteiger partial charge in [-0.25, -0.2) is 9.78 Å². The summed E-state index contributed by atoms with van der Waals surface area (Å²) < 4.78 is 45.0. The second-order valence-corrected chi connectivity index (χ2v) is 18.0. The SMILES string of the molecule is Cn1c(=O)n(C2CCC(=O)NC2=O)c2cccc(CC3C[C@@H]4CN(C[C@H]5CC[C@H](n6cc7cc(NC(=O)c8cccc(C(F)(F)F)n8)c(C(C)(C)O)cc7n6)CC5)C[C@H]3N4)c21. The Bertz CT molecular complexity index is 2600. The number of amides is 3. The number of benzene rings is 2. The third-order valence-corrected chi connectivity index (χ3v) is 13.3. The van der Waals surface area contributed by atoms with Crippen LogP contribution in [0, 0.1) is 11.8 Å². The molecule has 3 saturated heterocycles. The third kappa shape index (κ3) is 7.98. The highest BCUT2D eigenvalue weighted by Gasteiger charge is 2.41. The van der Waals surface area contributed by atoms with E-state index in [2.05, 4.69) is 31.9 Å². The third-order valence-electron chi connectivity index (χ3n) is 13.3. The number of piperidine rings is 1. The number of aryl methyl sites for hydroxylation is 1. The lowest BCUT2D eigenvalue weighted by Crippen LogP contribution is -2.53. The minimum absolute atomic E-state index is 0.175. The Morgan fingerprint density at radius 2 is 1.77 bits per heavy atom. The number of anilines is 1. The van der Waals surface area contributed by atoms with Gasteiger partial charge < -0.3 is 15.7 Å². The van der Waals surface area contributed by atoms with Gasteiger partial charge in [-0.1, -0.05) is 18.2 Å². The number of aromatic nitrogens is 5. The number of fused-ring (bicyclic) bond motifs is 4. The van der Waals surface area contributed by atoms with E-state index in [9.17, 15) is 37.5 Å². The highest BCUT2D eigenvalue weighted by molar-refractivity contribution is 6.04. The Morgan fingerprint density at radius 3 is 2.51 bits per heavy atom. The zero-order valence-electron chi connectivity index (χ0n) is 34.3. The molecular formula is C44H50F3N9O5. The van der Waals surface area contributed by atoms with Crippen LogP contribution in [0.3, 0.4) is 0 Å². The summed E-state index contributed by atoms with van der Waals surface area (Å²) >= 11 is 0. The van der Waals surface area contributed by atoms with Gasteiger partial charge in [0.25, 0.3) is 5.91 Å². The number of carbonyl (C=O) groups is 3. The second kappa shape index (κ2) is 15.5. The number of hydrogen-bond acceptors (Lipinski definition) is 9. The first-order valence-electron chi connectivity index (χ1n) is 21.1. The fourth-order valence-corrected chi connectivity index (χ4v) is 10.4. The molecule has 2 unspecified atom stereocenters. The number of piperazine rings is 1. The fraction of sp³-hybridized carbons (Fsp3) is 0.500. The number of nitrogens with one attached hydrogen (secondary N) is 3. The Kier molecular flexibility index (Phi) is 10.4. The first-order chi connectivity index (χ1) is 29.0. The number of imide groups is 1. The van der Waals surface area contributed by atoms with E-state index in [4.69, 9.17) is 5.10 Å². The van der Waals surface area contributed by atoms with Crippen LogP contribution in [-0.4, -0.2) is 83.3 Å². The van der Waals surface area contributed by atoms with Crippen LogP contribution in [0.4, 0.5) is 18.9 Å². The number of rotatable bonds is 9. The zero-order valence-corrected chi connectivity index (χ0v) is 34.3. The molecule has 9 rings (SSSR count). The summed E-state index contributed by atoms with van der Waals surface area (Å²) in [6.07, 6.45) is 3.58. The van der Waals surface area contributed by atoms with E-state index < -0.39 is 35.3 Å². The normalized spacial score (nSPS) is 25.0. The molecule has 3 aromatic heterocycles. The van der Waals surface area contributed by atoms with Gasteiger partial charge in [-0.05, 0) is 107 Å². The lowest BCUT2D eigenvalue weighted by atomic mass is 9.85. The van der Waals surface area contributed by atoms with E-state index in [0.29, 0.717) is 41.4 Å². The maximum atomic E-state index is 13.5. The van der Waals surface area contributed by atoms with Crippen molar-refractivity contribution in [1.29, 1.82) is 0 Å². The van der Waals surface area contributed by atoms with Crippen molar-refractivity contribution in [3.63, 3.8) is 0 Å². The number of pyridine rings is 1. The zero-order chi connectivity index (χ0) is 43.0. The Labute approximate surface area is 349 Å². The number of likely N-dealkylation sites (tertiary alicyclic amines) is 1. The lowest BCUT2D eigenvalue weighted by molar-refractivity contribution is -0.141. The molecule has 4 aliphatic rings. The van der Waals surface area contributed by atoms with Gasteiger partial charge in [0.05, 0.1) is 28.2 Å². The molecule has 1 saturated carbocycles. The first-order valence-corrected chi connectivity index (χ1v) is 21.1. The van der Waals surface area contributed by atoms with Crippen LogP contribution in [0.2, 0.25) is 0 Å².